The maximum absolute atomic E-state index is 12.7. The van der Waals surface area contributed by atoms with E-state index in [9.17, 15) is 14.4 Å². The first kappa shape index (κ1) is 55.9. The molecule has 59 heavy (non-hydrogen) atoms. The quantitative estimate of drug-likeness (QED) is 0.0200. The number of unbranched alkanes of at least 4 members (excludes halogenated alkanes) is 23. The molecule has 0 aliphatic heterocycles. The fourth-order valence-electron chi connectivity index (χ4n) is 6.62. The zero-order chi connectivity index (χ0) is 43.0. The van der Waals surface area contributed by atoms with Crippen molar-refractivity contribution in [3.8, 4) is 0 Å². The van der Waals surface area contributed by atoms with E-state index in [-0.39, 0.29) is 44.0 Å². The molecule has 0 heterocycles. The van der Waals surface area contributed by atoms with E-state index in [0.717, 1.165) is 57.8 Å². The van der Waals surface area contributed by atoms with Crippen LogP contribution in [0.15, 0.2) is 72.9 Å². The van der Waals surface area contributed by atoms with Crippen LogP contribution in [0, 0.1) is 0 Å². The lowest BCUT2D eigenvalue weighted by Crippen LogP contribution is -2.30. The van der Waals surface area contributed by atoms with Gasteiger partial charge in [0, 0.05) is 19.3 Å². The van der Waals surface area contributed by atoms with Crippen molar-refractivity contribution in [3.63, 3.8) is 0 Å². The lowest BCUT2D eigenvalue weighted by molar-refractivity contribution is -0.166. The molecule has 1 atom stereocenters. The predicted octanol–water partition coefficient (Wildman–Crippen LogP) is 15.9. The topological polar surface area (TPSA) is 78.9 Å². The minimum atomic E-state index is -0.815. The number of ether oxygens (including phenoxy) is 3. The average molecular weight is 823 g/mol. The van der Waals surface area contributed by atoms with E-state index < -0.39 is 6.10 Å². The van der Waals surface area contributed by atoms with Gasteiger partial charge in [0.05, 0.1) is 0 Å². The van der Waals surface area contributed by atoms with Gasteiger partial charge in [-0.25, -0.2) is 0 Å². The van der Waals surface area contributed by atoms with Crippen molar-refractivity contribution in [1.29, 1.82) is 0 Å². The molecular weight excluding hydrogens is 733 g/mol. The first-order valence-corrected chi connectivity index (χ1v) is 24.5. The standard InChI is InChI=1S/C53H90O6/c1-4-7-10-13-16-19-22-25-26-29-31-34-37-40-43-46-52(55)58-49-50(59-53(56)47-44-41-38-35-32-28-24-21-18-15-12-9-6-3)48-57-51(54)45-42-39-36-33-30-27-23-20-17-14-11-8-5-2/h9,12,15,18,21,24,27-28,30,32,36,39,50H,4-8,10-11,13-14,16-17,19-20,22-23,25-26,29,31,33-35,37-38,40-49H2,1-3H3/b12-9-,18-15-,24-21-,30-27-,32-28-,39-36-. The Morgan fingerprint density at radius 1 is 0.373 bits per heavy atom. The van der Waals surface area contributed by atoms with E-state index in [1.54, 1.807) is 0 Å². The van der Waals surface area contributed by atoms with Gasteiger partial charge in [-0.2, -0.15) is 0 Å². The van der Waals surface area contributed by atoms with Crippen molar-refractivity contribution < 1.29 is 28.6 Å². The number of esters is 3. The lowest BCUT2D eigenvalue weighted by Gasteiger charge is -2.18. The second-order valence-corrected chi connectivity index (χ2v) is 16.1. The molecule has 338 valence electrons. The normalized spacial score (nSPS) is 12.7. The summed E-state index contributed by atoms with van der Waals surface area (Å²) in [5, 5.41) is 0. The summed E-state index contributed by atoms with van der Waals surface area (Å²) in [5.41, 5.74) is 0. The molecule has 0 aliphatic rings. The van der Waals surface area contributed by atoms with Gasteiger partial charge in [-0.15, -0.1) is 0 Å². The highest BCUT2D eigenvalue weighted by molar-refractivity contribution is 5.71. The molecule has 0 aromatic rings. The number of hydrogen-bond donors (Lipinski definition) is 0. The Morgan fingerprint density at radius 3 is 1.29 bits per heavy atom. The molecular formula is C53H90O6. The Labute approximate surface area is 363 Å². The Bertz CT molecular complexity index is 1130. The Morgan fingerprint density at radius 2 is 0.763 bits per heavy atom. The Hall–Kier alpha value is -3.15. The van der Waals surface area contributed by atoms with Crippen LogP contribution in [0.5, 0.6) is 0 Å². The van der Waals surface area contributed by atoms with Crippen LogP contribution in [0.4, 0.5) is 0 Å². The molecule has 0 aromatic heterocycles. The second kappa shape index (κ2) is 47.5. The minimum absolute atomic E-state index is 0.107. The van der Waals surface area contributed by atoms with Crippen molar-refractivity contribution in [2.75, 3.05) is 13.2 Å². The summed E-state index contributed by atoms with van der Waals surface area (Å²) >= 11 is 0. The van der Waals surface area contributed by atoms with Crippen LogP contribution in [0.3, 0.4) is 0 Å². The van der Waals surface area contributed by atoms with E-state index in [4.69, 9.17) is 14.2 Å². The number of allylic oxidation sites excluding steroid dienone is 12. The summed E-state index contributed by atoms with van der Waals surface area (Å²) in [5.74, 6) is -1.02. The molecule has 0 radical (unpaired) electrons. The van der Waals surface area contributed by atoms with Crippen LogP contribution in [0.1, 0.15) is 226 Å². The number of rotatable bonds is 43. The van der Waals surface area contributed by atoms with Gasteiger partial charge in [0.1, 0.15) is 13.2 Å². The predicted molar refractivity (Wildman–Crippen MR) is 251 cm³/mol. The highest BCUT2D eigenvalue weighted by Crippen LogP contribution is 2.15. The highest BCUT2D eigenvalue weighted by Gasteiger charge is 2.19. The molecule has 0 aliphatic carbocycles. The van der Waals surface area contributed by atoms with E-state index in [1.165, 1.54) is 116 Å². The molecule has 0 bridgehead atoms. The monoisotopic (exact) mass is 823 g/mol. The number of hydrogen-bond acceptors (Lipinski definition) is 6. The van der Waals surface area contributed by atoms with Crippen LogP contribution in [-0.2, 0) is 28.6 Å². The minimum Gasteiger partial charge on any atom is -0.462 e. The molecule has 0 amide bonds. The maximum Gasteiger partial charge on any atom is 0.306 e. The molecule has 6 heteroatoms. The number of carbonyl (C=O) groups excluding carboxylic acids is 3. The lowest BCUT2D eigenvalue weighted by atomic mass is 10.0. The molecule has 0 aromatic carbocycles. The Balaban J connectivity index is 4.49. The third-order valence-electron chi connectivity index (χ3n) is 10.3. The molecule has 0 spiro atoms. The molecule has 0 saturated carbocycles. The third kappa shape index (κ3) is 45.8. The van der Waals surface area contributed by atoms with Crippen molar-refractivity contribution in [2.45, 2.75) is 232 Å². The van der Waals surface area contributed by atoms with Gasteiger partial charge in [-0.3, -0.25) is 14.4 Å². The van der Waals surface area contributed by atoms with E-state index in [1.807, 2.05) is 42.5 Å². The van der Waals surface area contributed by atoms with Crippen molar-refractivity contribution in [2.24, 2.45) is 0 Å². The second-order valence-electron chi connectivity index (χ2n) is 16.1. The van der Waals surface area contributed by atoms with Gasteiger partial charge < -0.3 is 14.2 Å². The first-order valence-electron chi connectivity index (χ1n) is 24.5. The molecule has 1 unspecified atom stereocenters. The van der Waals surface area contributed by atoms with Gasteiger partial charge in [-0.1, -0.05) is 222 Å². The van der Waals surface area contributed by atoms with Crippen LogP contribution in [0.2, 0.25) is 0 Å². The van der Waals surface area contributed by atoms with Crippen molar-refractivity contribution in [3.05, 3.63) is 72.9 Å². The maximum atomic E-state index is 12.7. The van der Waals surface area contributed by atoms with Crippen molar-refractivity contribution in [1.82, 2.24) is 0 Å². The summed E-state index contributed by atoms with van der Waals surface area (Å²) in [6.45, 7) is 6.40. The fraction of sp³-hybridized carbons (Fsp3) is 0.717. The molecule has 0 N–H and O–H groups in total. The van der Waals surface area contributed by atoms with Crippen LogP contribution in [-0.4, -0.2) is 37.2 Å². The SMILES string of the molecule is CC\C=C/C=C\C=C/C=C\CCCCCC(=O)OC(COC(=O)CC/C=C\C/C=C\CCCCCCCC)COC(=O)CCCCCCCCCCCCCCCCC. The van der Waals surface area contributed by atoms with Gasteiger partial charge in [0.2, 0.25) is 0 Å². The summed E-state index contributed by atoms with van der Waals surface area (Å²) in [6.07, 6.45) is 59.0. The fourth-order valence-corrected chi connectivity index (χ4v) is 6.62. The van der Waals surface area contributed by atoms with E-state index in [2.05, 4.69) is 51.2 Å². The van der Waals surface area contributed by atoms with E-state index in [0.29, 0.717) is 19.3 Å². The van der Waals surface area contributed by atoms with Gasteiger partial charge in [0.25, 0.3) is 0 Å². The zero-order valence-corrected chi connectivity index (χ0v) is 38.5. The van der Waals surface area contributed by atoms with Crippen LogP contribution < -0.4 is 0 Å². The van der Waals surface area contributed by atoms with E-state index >= 15 is 0 Å². The van der Waals surface area contributed by atoms with Crippen LogP contribution in [0.25, 0.3) is 0 Å². The molecule has 0 fully saturated rings. The molecule has 6 nitrogen and oxygen atoms in total. The van der Waals surface area contributed by atoms with Crippen LogP contribution >= 0.6 is 0 Å². The summed E-state index contributed by atoms with van der Waals surface area (Å²) < 4.78 is 16.7. The first-order chi connectivity index (χ1) is 29.0. The molecule has 0 rings (SSSR count). The highest BCUT2D eigenvalue weighted by atomic mass is 16.6. The van der Waals surface area contributed by atoms with Crippen molar-refractivity contribution >= 4 is 17.9 Å². The average Bonchev–Trinajstić information content (AvgIpc) is 3.23. The summed E-state index contributed by atoms with van der Waals surface area (Å²) in [4.78, 5) is 37.8. The van der Waals surface area contributed by atoms with Gasteiger partial charge in [-0.05, 0) is 57.8 Å². The Kier molecular flexibility index (Phi) is 45.0. The third-order valence-corrected chi connectivity index (χ3v) is 10.3. The van der Waals surface area contributed by atoms with Gasteiger partial charge >= 0.3 is 17.9 Å². The number of carbonyl (C=O) groups is 3. The summed E-state index contributed by atoms with van der Waals surface area (Å²) in [7, 11) is 0. The largest absolute Gasteiger partial charge is 0.462 e. The summed E-state index contributed by atoms with van der Waals surface area (Å²) in [6, 6.07) is 0. The molecule has 0 saturated heterocycles. The zero-order valence-electron chi connectivity index (χ0n) is 38.5. The van der Waals surface area contributed by atoms with Gasteiger partial charge in [0.15, 0.2) is 6.10 Å². The smallest absolute Gasteiger partial charge is 0.306 e.